The average molecular weight is 375 g/mol. The van der Waals surface area contributed by atoms with Gasteiger partial charge in [-0.15, -0.1) is 0 Å². The zero-order chi connectivity index (χ0) is 18.5. The van der Waals surface area contributed by atoms with Gasteiger partial charge in [-0.05, 0) is 11.1 Å². The van der Waals surface area contributed by atoms with E-state index in [4.69, 9.17) is 0 Å². The molecule has 0 saturated heterocycles. The SMILES string of the molecule is O=C(NCc1ncc(-c2ccccc2)[nH]1)Nc1ncc(-c2ccccc2)s1. The van der Waals surface area contributed by atoms with Crippen LogP contribution in [0.2, 0.25) is 0 Å². The zero-order valence-electron chi connectivity index (χ0n) is 14.3. The molecule has 2 aromatic carbocycles. The standard InChI is InChI=1S/C20H17N5OS/c26-19(25-20-23-12-17(27-20)15-9-5-2-6-10-15)22-13-18-21-11-16(24-18)14-7-3-1-4-8-14/h1-12H,13H2,(H,21,24)(H2,22,23,25,26). The molecule has 3 N–H and O–H groups in total. The van der Waals surface area contributed by atoms with Crippen LogP contribution >= 0.6 is 11.3 Å². The van der Waals surface area contributed by atoms with Gasteiger partial charge in [-0.3, -0.25) is 5.32 Å². The van der Waals surface area contributed by atoms with Crippen LogP contribution in [0, 0.1) is 0 Å². The second-order valence-electron chi connectivity index (χ2n) is 5.81. The number of H-pyrrole nitrogens is 1. The minimum atomic E-state index is -0.318. The van der Waals surface area contributed by atoms with Crippen LogP contribution in [0.3, 0.4) is 0 Å². The maximum atomic E-state index is 12.1. The van der Waals surface area contributed by atoms with Gasteiger partial charge in [0.2, 0.25) is 0 Å². The van der Waals surface area contributed by atoms with Crippen LogP contribution in [-0.2, 0) is 6.54 Å². The Morgan fingerprint density at radius 1 is 0.926 bits per heavy atom. The third kappa shape index (κ3) is 4.21. The Morgan fingerprint density at radius 3 is 2.37 bits per heavy atom. The predicted molar refractivity (Wildman–Crippen MR) is 107 cm³/mol. The number of amides is 2. The summed E-state index contributed by atoms with van der Waals surface area (Å²) in [6.45, 7) is 0.301. The zero-order valence-corrected chi connectivity index (χ0v) is 15.2. The van der Waals surface area contributed by atoms with Crippen LogP contribution in [0.5, 0.6) is 0 Å². The van der Waals surface area contributed by atoms with Gasteiger partial charge in [0.1, 0.15) is 5.82 Å². The highest BCUT2D eigenvalue weighted by Crippen LogP contribution is 2.28. The Labute approximate surface area is 160 Å². The van der Waals surface area contributed by atoms with E-state index in [1.54, 1.807) is 12.4 Å². The van der Waals surface area contributed by atoms with Gasteiger partial charge in [0.05, 0.1) is 23.3 Å². The summed E-state index contributed by atoms with van der Waals surface area (Å²) >= 11 is 1.43. The maximum absolute atomic E-state index is 12.1. The molecule has 0 unspecified atom stereocenters. The van der Waals surface area contributed by atoms with Crippen molar-refractivity contribution in [2.24, 2.45) is 0 Å². The summed E-state index contributed by atoms with van der Waals surface area (Å²) in [7, 11) is 0. The van der Waals surface area contributed by atoms with Gasteiger partial charge >= 0.3 is 6.03 Å². The minimum absolute atomic E-state index is 0.301. The Bertz CT molecular complexity index is 1030. The number of carbonyl (C=O) groups excluding carboxylic acids is 1. The smallest absolute Gasteiger partial charge is 0.321 e. The molecule has 0 radical (unpaired) electrons. The van der Waals surface area contributed by atoms with Crippen molar-refractivity contribution in [1.29, 1.82) is 0 Å². The molecular formula is C20H17N5OS. The molecule has 27 heavy (non-hydrogen) atoms. The maximum Gasteiger partial charge on any atom is 0.321 e. The van der Waals surface area contributed by atoms with E-state index in [-0.39, 0.29) is 6.03 Å². The van der Waals surface area contributed by atoms with E-state index in [0.29, 0.717) is 17.5 Å². The fourth-order valence-corrected chi connectivity index (χ4v) is 3.41. The molecule has 0 spiro atoms. The van der Waals surface area contributed by atoms with E-state index in [0.717, 1.165) is 21.7 Å². The molecule has 0 aliphatic rings. The molecular weight excluding hydrogens is 358 g/mol. The monoisotopic (exact) mass is 375 g/mol. The first-order chi connectivity index (χ1) is 13.3. The third-order valence-corrected chi connectivity index (χ3v) is 4.88. The van der Waals surface area contributed by atoms with E-state index >= 15 is 0 Å². The van der Waals surface area contributed by atoms with Crippen molar-refractivity contribution in [3.05, 3.63) is 78.9 Å². The van der Waals surface area contributed by atoms with Crippen molar-refractivity contribution in [1.82, 2.24) is 20.3 Å². The number of imidazole rings is 1. The summed E-state index contributed by atoms with van der Waals surface area (Å²) in [4.78, 5) is 24.9. The van der Waals surface area contributed by atoms with E-state index in [1.165, 1.54) is 11.3 Å². The van der Waals surface area contributed by atoms with Crippen molar-refractivity contribution in [2.45, 2.75) is 6.54 Å². The molecule has 0 bridgehead atoms. The number of aromatic nitrogens is 3. The number of thiazole rings is 1. The summed E-state index contributed by atoms with van der Waals surface area (Å²) < 4.78 is 0. The van der Waals surface area contributed by atoms with Crippen LogP contribution in [-0.4, -0.2) is 21.0 Å². The van der Waals surface area contributed by atoms with Crippen molar-refractivity contribution in [2.75, 3.05) is 5.32 Å². The van der Waals surface area contributed by atoms with Crippen molar-refractivity contribution in [3.63, 3.8) is 0 Å². The lowest BCUT2D eigenvalue weighted by Gasteiger charge is -2.03. The molecule has 2 amide bonds. The van der Waals surface area contributed by atoms with Gasteiger partial charge in [-0.2, -0.15) is 0 Å². The lowest BCUT2D eigenvalue weighted by atomic mass is 10.2. The molecule has 2 heterocycles. The van der Waals surface area contributed by atoms with Gasteiger partial charge in [-0.25, -0.2) is 14.8 Å². The molecule has 4 rings (SSSR count). The summed E-state index contributed by atoms with van der Waals surface area (Å²) in [5.74, 6) is 0.688. The molecule has 2 aromatic heterocycles. The molecule has 6 nitrogen and oxygen atoms in total. The highest BCUT2D eigenvalue weighted by molar-refractivity contribution is 7.19. The van der Waals surface area contributed by atoms with Gasteiger partial charge in [0.25, 0.3) is 0 Å². The third-order valence-electron chi connectivity index (χ3n) is 3.91. The van der Waals surface area contributed by atoms with E-state index in [2.05, 4.69) is 25.6 Å². The normalized spacial score (nSPS) is 10.5. The second kappa shape index (κ2) is 7.84. The first-order valence-electron chi connectivity index (χ1n) is 8.43. The average Bonchev–Trinajstić information content (AvgIpc) is 3.37. The fourth-order valence-electron chi connectivity index (χ4n) is 2.59. The number of hydrogen-bond donors (Lipinski definition) is 3. The first kappa shape index (κ1) is 17.0. The first-order valence-corrected chi connectivity index (χ1v) is 9.25. The number of nitrogens with one attached hydrogen (secondary N) is 3. The molecule has 7 heteroatoms. The Balaban J connectivity index is 1.33. The summed E-state index contributed by atoms with van der Waals surface area (Å²) in [6.07, 6.45) is 3.52. The molecule has 0 fully saturated rings. The fraction of sp³-hybridized carbons (Fsp3) is 0.0500. The number of anilines is 1. The van der Waals surface area contributed by atoms with Gasteiger partial charge in [0, 0.05) is 6.20 Å². The summed E-state index contributed by atoms with van der Waals surface area (Å²) in [5, 5.41) is 6.09. The van der Waals surface area contributed by atoms with Crippen LogP contribution in [0.4, 0.5) is 9.93 Å². The summed E-state index contributed by atoms with van der Waals surface area (Å²) in [5.41, 5.74) is 3.05. The Kier molecular flexibility index (Phi) is 4.93. The lowest BCUT2D eigenvalue weighted by molar-refractivity contribution is 0.251. The minimum Gasteiger partial charge on any atom is -0.341 e. The van der Waals surface area contributed by atoms with Crippen molar-refractivity contribution in [3.8, 4) is 21.7 Å². The van der Waals surface area contributed by atoms with Crippen LogP contribution < -0.4 is 10.6 Å². The lowest BCUT2D eigenvalue weighted by Crippen LogP contribution is -2.28. The molecule has 4 aromatic rings. The Hall–Kier alpha value is -3.45. The molecule has 0 saturated carbocycles. The molecule has 134 valence electrons. The van der Waals surface area contributed by atoms with Gasteiger partial charge in [0.15, 0.2) is 5.13 Å². The second-order valence-corrected chi connectivity index (χ2v) is 6.84. The number of urea groups is 1. The number of nitrogens with zero attached hydrogens (tertiary/aromatic N) is 2. The van der Waals surface area contributed by atoms with Crippen LogP contribution in [0.15, 0.2) is 73.1 Å². The van der Waals surface area contributed by atoms with E-state index in [1.807, 2.05) is 60.7 Å². The predicted octanol–water partition coefficient (Wildman–Crippen LogP) is 4.52. The number of carbonyl (C=O) groups is 1. The number of rotatable bonds is 5. The highest BCUT2D eigenvalue weighted by Gasteiger charge is 2.09. The molecule has 0 aliphatic heterocycles. The van der Waals surface area contributed by atoms with E-state index < -0.39 is 0 Å². The quantitative estimate of drug-likeness (QED) is 0.479. The number of hydrogen-bond acceptors (Lipinski definition) is 4. The van der Waals surface area contributed by atoms with Gasteiger partial charge < -0.3 is 10.3 Å². The largest absolute Gasteiger partial charge is 0.341 e. The summed E-state index contributed by atoms with van der Waals surface area (Å²) in [6, 6.07) is 19.5. The number of aromatic amines is 1. The molecule has 0 atom stereocenters. The van der Waals surface area contributed by atoms with Crippen molar-refractivity contribution < 1.29 is 4.79 Å². The van der Waals surface area contributed by atoms with Gasteiger partial charge in [-0.1, -0.05) is 72.0 Å². The molecule has 0 aliphatic carbocycles. The van der Waals surface area contributed by atoms with Crippen LogP contribution in [0.1, 0.15) is 5.82 Å². The van der Waals surface area contributed by atoms with E-state index in [9.17, 15) is 4.79 Å². The van der Waals surface area contributed by atoms with Crippen LogP contribution in [0.25, 0.3) is 21.7 Å². The Morgan fingerprint density at radius 2 is 1.63 bits per heavy atom. The number of benzene rings is 2. The highest BCUT2D eigenvalue weighted by atomic mass is 32.1. The topological polar surface area (TPSA) is 82.7 Å². The van der Waals surface area contributed by atoms with Crippen molar-refractivity contribution >= 4 is 22.5 Å².